The van der Waals surface area contributed by atoms with Crippen LogP contribution in [0.5, 0.6) is 5.75 Å². The van der Waals surface area contributed by atoms with Crippen LogP contribution in [0.15, 0.2) is 71.9 Å². The van der Waals surface area contributed by atoms with Crippen LogP contribution in [0.2, 0.25) is 10.0 Å². The molecule has 0 saturated carbocycles. The number of carbonyl (C=O) groups excluding carboxylic acids is 1. The zero-order valence-corrected chi connectivity index (χ0v) is 20.7. The third-order valence-electron chi connectivity index (χ3n) is 5.01. The number of anilines is 1. The van der Waals surface area contributed by atoms with Crippen LogP contribution in [-0.4, -0.2) is 27.9 Å². The summed E-state index contributed by atoms with van der Waals surface area (Å²) >= 11 is 13.6. The first-order valence-corrected chi connectivity index (χ1v) is 11.8. The number of nitrogen functional groups attached to an aromatic ring is 1. The van der Waals surface area contributed by atoms with Crippen molar-refractivity contribution >= 4 is 46.6 Å². The fourth-order valence-corrected chi connectivity index (χ4v) is 4.67. The van der Waals surface area contributed by atoms with Crippen molar-refractivity contribution in [3.63, 3.8) is 0 Å². The number of amides is 1. The third kappa shape index (κ3) is 5.14. The molecule has 4 rings (SSSR count). The van der Waals surface area contributed by atoms with Crippen LogP contribution >= 0.6 is 35.0 Å². The van der Waals surface area contributed by atoms with Gasteiger partial charge in [-0.2, -0.15) is 0 Å². The van der Waals surface area contributed by atoms with Gasteiger partial charge in [-0.05, 0) is 48.4 Å². The second-order valence-corrected chi connectivity index (χ2v) is 9.32. The van der Waals surface area contributed by atoms with Gasteiger partial charge in [0.25, 0.3) is 0 Å². The molecule has 0 aliphatic carbocycles. The number of nitrogens with one attached hydrogen (secondary N) is 1. The van der Waals surface area contributed by atoms with Crippen molar-refractivity contribution in [2.45, 2.75) is 17.3 Å². The van der Waals surface area contributed by atoms with E-state index in [0.29, 0.717) is 38.0 Å². The van der Waals surface area contributed by atoms with Crippen LogP contribution in [0.1, 0.15) is 16.4 Å². The first-order valence-electron chi connectivity index (χ1n) is 10.2. The van der Waals surface area contributed by atoms with Gasteiger partial charge in [-0.3, -0.25) is 4.79 Å². The molecule has 34 heavy (non-hydrogen) atoms. The Kier molecular flexibility index (Phi) is 7.31. The van der Waals surface area contributed by atoms with Crippen molar-refractivity contribution in [2.24, 2.45) is 0 Å². The van der Waals surface area contributed by atoms with Gasteiger partial charge in [0.2, 0.25) is 11.1 Å². The zero-order chi connectivity index (χ0) is 24.2. The fraction of sp³-hybridized carbons (Fsp3) is 0.125. The standard InChI is InChI=1S/C24H21Cl2N5O2S/c1-14-8-11-20(33-2)19(12-14)28-23(32)21(15-6-4-3-5-7-15)34-24-30-29-22(31(24)27)17-13-16(25)9-10-18(17)26/h3-13,21H,27H2,1-2H3,(H,28,32)/t21-/m0/s1. The molecule has 0 radical (unpaired) electrons. The molecule has 0 saturated heterocycles. The summed E-state index contributed by atoms with van der Waals surface area (Å²) in [5, 5.41) is 12.0. The highest BCUT2D eigenvalue weighted by atomic mass is 35.5. The molecule has 10 heteroatoms. The molecule has 0 unspecified atom stereocenters. The molecule has 3 aromatic carbocycles. The molecule has 0 spiro atoms. The number of aromatic nitrogens is 3. The monoisotopic (exact) mass is 513 g/mol. The maximum atomic E-state index is 13.5. The van der Waals surface area contributed by atoms with Crippen LogP contribution in [0, 0.1) is 6.92 Å². The molecule has 4 aromatic rings. The number of nitrogens with two attached hydrogens (primary N) is 1. The Bertz CT molecular complexity index is 1330. The minimum Gasteiger partial charge on any atom is -0.495 e. The summed E-state index contributed by atoms with van der Waals surface area (Å²) in [6.07, 6.45) is 0. The average molecular weight is 514 g/mol. The largest absolute Gasteiger partial charge is 0.495 e. The molecule has 7 nitrogen and oxygen atoms in total. The minimum absolute atomic E-state index is 0.259. The highest BCUT2D eigenvalue weighted by Crippen LogP contribution is 2.38. The lowest BCUT2D eigenvalue weighted by Gasteiger charge is -2.18. The lowest BCUT2D eigenvalue weighted by atomic mass is 10.1. The number of hydrogen-bond donors (Lipinski definition) is 2. The molecule has 0 aliphatic rings. The van der Waals surface area contributed by atoms with Crippen molar-refractivity contribution < 1.29 is 9.53 Å². The van der Waals surface area contributed by atoms with E-state index in [4.69, 9.17) is 33.8 Å². The van der Waals surface area contributed by atoms with E-state index in [1.807, 2.05) is 55.5 Å². The SMILES string of the molecule is COc1ccc(C)cc1NC(=O)[C@@H](Sc1nnc(-c2cc(Cl)ccc2Cl)n1N)c1ccccc1. The van der Waals surface area contributed by atoms with E-state index < -0.39 is 5.25 Å². The number of methoxy groups -OCH3 is 1. The number of ether oxygens (including phenoxy) is 1. The number of hydrogen-bond acceptors (Lipinski definition) is 6. The zero-order valence-electron chi connectivity index (χ0n) is 18.3. The van der Waals surface area contributed by atoms with E-state index in [1.165, 1.54) is 16.4 Å². The number of thioether (sulfide) groups is 1. The Labute approximate surface area is 211 Å². The van der Waals surface area contributed by atoms with Crippen LogP contribution in [0.25, 0.3) is 11.4 Å². The molecular formula is C24H21Cl2N5O2S. The Balaban J connectivity index is 1.67. The number of benzene rings is 3. The Hall–Kier alpha value is -3.20. The van der Waals surface area contributed by atoms with E-state index in [-0.39, 0.29) is 5.91 Å². The highest BCUT2D eigenvalue weighted by molar-refractivity contribution is 8.00. The number of nitrogens with zero attached hydrogens (tertiary/aromatic N) is 3. The molecule has 1 aromatic heterocycles. The molecule has 0 bridgehead atoms. The van der Waals surface area contributed by atoms with Crippen molar-refractivity contribution in [3.8, 4) is 17.1 Å². The van der Waals surface area contributed by atoms with E-state index in [2.05, 4.69) is 15.5 Å². The summed E-state index contributed by atoms with van der Waals surface area (Å²) in [5.41, 5.74) is 2.89. The van der Waals surface area contributed by atoms with Gasteiger partial charge in [0.15, 0.2) is 5.82 Å². The molecule has 174 valence electrons. The molecule has 1 amide bonds. The normalized spacial score (nSPS) is 11.8. The van der Waals surface area contributed by atoms with Gasteiger partial charge >= 0.3 is 0 Å². The Morgan fingerprint density at radius 1 is 1.09 bits per heavy atom. The first-order chi connectivity index (χ1) is 16.4. The van der Waals surface area contributed by atoms with Gasteiger partial charge in [-0.1, -0.05) is 71.4 Å². The van der Waals surface area contributed by atoms with Gasteiger partial charge < -0.3 is 15.9 Å². The summed E-state index contributed by atoms with van der Waals surface area (Å²) in [6, 6.07) is 20.0. The quantitative estimate of drug-likeness (QED) is 0.241. The van der Waals surface area contributed by atoms with Crippen LogP contribution in [-0.2, 0) is 4.79 Å². The number of aryl methyl sites for hydroxylation is 1. The Morgan fingerprint density at radius 3 is 2.59 bits per heavy atom. The number of halogens is 2. The molecule has 0 aliphatic heterocycles. The van der Waals surface area contributed by atoms with E-state index in [1.54, 1.807) is 25.3 Å². The smallest absolute Gasteiger partial charge is 0.242 e. The number of carbonyl (C=O) groups is 1. The highest BCUT2D eigenvalue weighted by Gasteiger charge is 2.27. The maximum Gasteiger partial charge on any atom is 0.242 e. The van der Waals surface area contributed by atoms with Gasteiger partial charge in [0, 0.05) is 10.6 Å². The predicted molar refractivity (Wildman–Crippen MR) is 137 cm³/mol. The fourth-order valence-electron chi connectivity index (χ4n) is 3.33. The summed E-state index contributed by atoms with van der Waals surface area (Å²) < 4.78 is 6.71. The second kappa shape index (κ2) is 10.4. The minimum atomic E-state index is -0.666. The van der Waals surface area contributed by atoms with Gasteiger partial charge in [0.1, 0.15) is 11.0 Å². The molecule has 0 fully saturated rings. The average Bonchev–Trinajstić information content (AvgIpc) is 3.19. The topological polar surface area (TPSA) is 95.1 Å². The van der Waals surface area contributed by atoms with Crippen LogP contribution in [0.3, 0.4) is 0 Å². The maximum absolute atomic E-state index is 13.5. The number of rotatable bonds is 7. The summed E-state index contributed by atoms with van der Waals surface area (Å²) in [6.45, 7) is 1.94. The predicted octanol–water partition coefficient (Wildman–Crippen LogP) is 5.75. The molecular weight excluding hydrogens is 493 g/mol. The summed E-state index contributed by atoms with van der Waals surface area (Å²) in [4.78, 5) is 13.5. The molecule has 1 heterocycles. The van der Waals surface area contributed by atoms with Crippen molar-refractivity contribution in [3.05, 3.63) is 87.9 Å². The molecule has 1 atom stereocenters. The van der Waals surface area contributed by atoms with Gasteiger partial charge in [-0.25, -0.2) is 4.68 Å². The van der Waals surface area contributed by atoms with Crippen LogP contribution < -0.4 is 15.9 Å². The Morgan fingerprint density at radius 2 is 1.85 bits per heavy atom. The summed E-state index contributed by atoms with van der Waals surface area (Å²) in [7, 11) is 1.56. The lowest BCUT2D eigenvalue weighted by Crippen LogP contribution is -2.21. The lowest BCUT2D eigenvalue weighted by molar-refractivity contribution is -0.115. The van der Waals surface area contributed by atoms with Crippen molar-refractivity contribution in [1.29, 1.82) is 0 Å². The van der Waals surface area contributed by atoms with Crippen molar-refractivity contribution in [1.82, 2.24) is 14.9 Å². The van der Waals surface area contributed by atoms with E-state index >= 15 is 0 Å². The second-order valence-electron chi connectivity index (χ2n) is 7.40. The van der Waals surface area contributed by atoms with Gasteiger partial charge in [-0.15, -0.1) is 10.2 Å². The van der Waals surface area contributed by atoms with Gasteiger partial charge in [0.05, 0.1) is 17.8 Å². The third-order valence-corrected chi connectivity index (χ3v) is 6.79. The van der Waals surface area contributed by atoms with Crippen LogP contribution in [0.4, 0.5) is 5.69 Å². The van der Waals surface area contributed by atoms with E-state index in [9.17, 15) is 4.79 Å². The van der Waals surface area contributed by atoms with Crippen molar-refractivity contribution in [2.75, 3.05) is 18.3 Å². The first kappa shape index (κ1) is 23.9. The van der Waals surface area contributed by atoms with E-state index in [0.717, 1.165) is 11.1 Å². The molecule has 3 N–H and O–H groups in total. The summed E-state index contributed by atoms with van der Waals surface area (Å²) in [5.74, 6) is 6.96.